The van der Waals surface area contributed by atoms with Gasteiger partial charge in [-0.15, -0.1) is 0 Å². The maximum Gasteiger partial charge on any atom is 0.271 e. The Hall–Kier alpha value is -2.36. The van der Waals surface area contributed by atoms with E-state index in [4.69, 9.17) is 0 Å². The van der Waals surface area contributed by atoms with Crippen LogP contribution in [-0.4, -0.2) is 4.92 Å². The molecule has 2 rings (SSSR count). The van der Waals surface area contributed by atoms with E-state index in [0.29, 0.717) is 6.54 Å². The van der Waals surface area contributed by atoms with Crippen LogP contribution < -0.4 is 5.32 Å². The molecule has 0 radical (unpaired) electrons. The van der Waals surface area contributed by atoms with E-state index >= 15 is 0 Å². The van der Waals surface area contributed by atoms with E-state index in [2.05, 4.69) is 5.32 Å². The highest BCUT2D eigenvalue weighted by Gasteiger charge is 2.08. The van der Waals surface area contributed by atoms with Crippen molar-refractivity contribution in [2.24, 2.45) is 0 Å². The molecule has 0 unspecified atom stereocenters. The van der Waals surface area contributed by atoms with E-state index < -0.39 is 0 Å². The Morgan fingerprint density at radius 1 is 1.17 bits per heavy atom. The van der Waals surface area contributed by atoms with E-state index in [1.807, 2.05) is 37.3 Å². The summed E-state index contributed by atoms with van der Waals surface area (Å²) in [6, 6.07) is 14.8. The Kier molecular flexibility index (Phi) is 3.57. The predicted molar refractivity (Wildman–Crippen MR) is 71.6 cm³/mol. The van der Waals surface area contributed by atoms with Gasteiger partial charge in [0.1, 0.15) is 0 Å². The molecule has 0 heterocycles. The second kappa shape index (κ2) is 5.31. The molecule has 0 fully saturated rings. The molecule has 4 heteroatoms. The zero-order valence-electron chi connectivity index (χ0n) is 10.1. The van der Waals surface area contributed by atoms with Gasteiger partial charge in [0.05, 0.1) is 4.92 Å². The fourth-order valence-corrected chi connectivity index (χ4v) is 1.71. The van der Waals surface area contributed by atoms with Gasteiger partial charge in [0.2, 0.25) is 0 Å². The Bertz CT molecular complexity index is 553. The summed E-state index contributed by atoms with van der Waals surface area (Å²) in [5.41, 5.74) is 3.05. The maximum atomic E-state index is 10.7. The topological polar surface area (TPSA) is 55.2 Å². The molecular weight excluding hydrogens is 228 g/mol. The van der Waals surface area contributed by atoms with Crippen LogP contribution in [0, 0.1) is 17.0 Å². The van der Waals surface area contributed by atoms with Gasteiger partial charge >= 0.3 is 0 Å². The molecular formula is C14H14N2O2. The van der Waals surface area contributed by atoms with E-state index in [1.54, 1.807) is 12.1 Å². The number of nitro benzene ring substituents is 1. The summed E-state index contributed by atoms with van der Waals surface area (Å²) in [4.78, 5) is 10.3. The number of nitrogens with one attached hydrogen (secondary N) is 1. The van der Waals surface area contributed by atoms with Crippen LogP contribution in [0.25, 0.3) is 0 Å². The largest absolute Gasteiger partial charge is 0.381 e. The summed E-state index contributed by atoms with van der Waals surface area (Å²) in [7, 11) is 0. The minimum Gasteiger partial charge on any atom is -0.381 e. The van der Waals surface area contributed by atoms with Crippen LogP contribution in [0.1, 0.15) is 11.1 Å². The van der Waals surface area contributed by atoms with Crippen molar-refractivity contribution in [3.05, 3.63) is 69.8 Å². The van der Waals surface area contributed by atoms with Crippen molar-refractivity contribution < 1.29 is 4.92 Å². The summed E-state index contributed by atoms with van der Waals surface area (Å²) in [5.74, 6) is 0. The SMILES string of the molecule is Cc1ccc([N+](=O)[O-])cc1NCc1ccccc1. The summed E-state index contributed by atoms with van der Waals surface area (Å²) < 4.78 is 0. The first kappa shape index (κ1) is 12.1. The van der Waals surface area contributed by atoms with E-state index in [0.717, 1.165) is 16.8 Å². The molecule has 2 aromatic carbocycles. The minimum atomic E-state index is -0.382. The lowest BCUT2D eigenvalue weighted by Gasteiger charge is -2.09. The number of aryl methyl sites for hydroxylation is 1. The quantitative estimate of drug-likeness (QED) is 0.659. The molecule has 4 nitrogen and oxygen atoms in total. The normalized spacial score (nSPS) is 10.1. The molecule has 0 aliphatic heterocycles. The molecule has 0 saturated heterocycles. The van der Waals surface area contributed by atoms with Crippen molar-refractivity contribution in [1.29, 1.82) is 0 Å². The van der Waals surface area contributed by atoms with Gasteiger partial charge in [-0.25, -0.2) is 0 Å². The van der Waals surface area contributed by atoms with Gasteiger partial charge in [0, 0.05) is 24.4 Å². The number of hydrogen-bond acceptors (Lipinski definition) is 3. The zero-order valence-corrected chi connectivity index (χ0v) is 10.1. The van der Waals surface area contributed by atoms with Crippen molar-refractivity contribution in [2.75, 3.05) is 5.32 Å². The Labute approximate surface area is 105 Å². The third-order valence-electron chi connectivity index (χ3n) is 2.76. The van der Waals surface area contributed by atoms with Crippen molar-refractivity contribution in [2.45, 2.75) is 13.5 Å². The number of non-ortho nitro benzene ring substituents is 1. The molecule has 1 N–H and O–H groups in total. The number of nitrogens with zero attached hydrogens (tertiary/aromatic N) is 1. The molecule has 2 aromatic rings. The average molecular weight is 242 g/mol. The molecule has 0 aliphatic rings. The highest BCUT2D eigenvalue weighted by atomic mass is 16.6. The van der Waals surface area contributed by atoms with Crippen molar-refractivity contribution >= 4 is 11.4 Å². The van der Waals surface area contributed by atoms with Gasteiger partial charge < -0.3 is 5.32 Å². The van der Waals surface area contributed by atoms with Gasteiger partial charge in [0.25, 0.3) is 5.69 Å². The van der Waals surface area contributed by atoms with Crippen molar-refractivity contribution in [3.8, 4) is 0 Å². The molecule has 92 valence electrons. The van der Waals surface area contributed by atoms with Gasteiger partial charge in [-0.05, 0) is 18.1 Å². The Morgan fingerprint density at radius 2 is 1.89 bits per heavy atom. The number of anilines is 1. The molecule has 0 atom stereocenters. The lowest BCUT2D eigenvalue weighted by molar-refractivity contribution is -0.384. The fraction of sp³-hybridized carbons (Fsp3) is 0.143. The molecule has 0 bridgehead atoms. The van der Waals surface area contributed by atoms with Crippen LogP contribution in [0.15, 0.2) is 48.5 Å². The summed E-state index contributed by atoms with van der Waals surface area (Å²) in [6.07, 6.45) is 0. The number of benzene rings is 2. The first-order valence-electron chi connectivity index (χ1n) is 5.69. The number of rotatable bonds is 4. The fourth-order valence-electron chi connectivity index (χ4n) is 1.71. The van der Waals surface area contributed by atoms with Gasteiger partial charge in [-0.2, -0.15) is 0 Å². The van der Waals surface area contributed by atoms with Crippen molar-refractivity contribution in [1.82, 2.24) is 0 Å². The Morgan fingerprint density at radius 3 is 2.56 bits per heavy atom. The summed E-state index contributed by atoms with van der Waals surface area (Å²) in [6.45, 7) is 2.58. The molecule has 0 aromatic heterocycles. The molecule has 0 saturated carbocycles. The first-order valence-corrected chi connectivity index (χ1v) is 5.69. The maximum absolute atomic E-state index is 10.7. The van der Waals surface area contributed by atoms with Gasteiger partial charge in [-0.3, -0.25) is 10.1 Å². The monoisotopic (exact) mass is 242 g/mol. The van der Waals surface area contributed by atoms with Crippen LogP contribution in [0.3, 0.4) is 0 Å². The first-order chi connectivity index (χ1) is 8.66. The summed E-state index contributed by atoms with van der Waals surface area (Å²) in [5, 5.41) is 13.9. The lowest BCUT2D eigenvalue weighted by Crippen LogP contribution is -2.01. The van der Waals surface area contributed by atoms with E-state index in [-0.39, 0.29) is 10.6 Å². The second-order valence-corrected chi connectivity index (χ2v) is 4.10. The van der Waals surface area contributed by atoms with Crippen LogP contribution in [-0.2, 0) is 6.54 Å². The van der Waals surface area contributed by atoms with E-state index in [9.17, 15) is 10.1 Å². The van der Waals surface area contributed by atoms with Gasteiger partial charge in [-0.1, -0.05) is 36.4 Å². The molecule has 18 heavy (non-hydrogen) atoms. The van der Waals surface area contributed by atoms with Crippen LogP contribution >= 0.6 is 0 Å². The molecule has 0 aliphatic carbocycles. The average Bonchev–Trinajstić information content (AvgIpc) is 2.38. The Balaban J connectivity index is 2.14. The lowest BCUT2D eigenvalue weighted by atomic mass is 10.1. The van der Waals surface area contributed by atoms with Crippen LogP contribution in [0.5, 0.6) is 0 Å². The third-order valence-corrected chi connectivity index (χ3v) is 2.76. The standard InChI is InChI=1S/C14H14N2O2/c1-11-7-8-13(16(17)18)9-14(11)15-10-12-5-3-2-4-6-12/h2-9,15H,10H2,1H3. The number of hydrogen-bond donors (Lipinski definition) is 1. The highest BCUT2D eigenvalue weighted by Crippen LogP contribution is 2.22. The highest BCUT2D eigenvalue weighted by molar-refractivity contribution is 5.56. The smallest absolute Gasteiger partial charge is 0.271 e. The number of nitro groups is 1. The summed E-state index contributed by atoms with van der Waals surface area (Å²) >= 11 is 0. The molecule has 0 amide bonds. The molecule has 0 spiro atoms. The third kappa shape index (κ3) is 2.85. The second-order valence-electron chi connectivity index (χ2n) is 4.10. The minimum absolute atomic E-state index is 0.108. The van der Waals surface area contributed by atoms with Gasteiger partial charge in [0.15, 0.2) is 0 Å². The van der Waals surface area contributed by atoms with Crippen LogP contribution in [0.2, 0.25) is 0 Å². The van der Waals surface area contributed by atoms with E-state index in [1.165, 1.54) is 6.07 Å². The van der Waals surface area contributed by atoms with Crippen LogP contribution in [0.4, 0.5) is 11.4 Å². The zero-order chi connectivity index (χ0) is 13.0. The predicted octanol–water partition coefficient (Wildman–Crippen LogP) is 3.52. The van der Waals surface area contributed by atoms with Crippen molar-refractivity contribution in [3.63, 3.8) is 0 Å².